The van der Waals surface area contributed by atoms with Gasteiger partial charge in [-0.25, -0.2) is 4.98 Å². The lowest BCUT2D eigenvalue weighted by atomic mass is 10.1. The highest BCUT2D eigenvalue weighted by atomic mass is 16.5. The molecule has 0 bridgehead atoms. The largest absolute Gasteiger partial charge is 0.493 e. The van der Waals surface area contributed by atoms with E-state index in [2.05, 4.69) is 25.1 Å². The maximum Gasteiger partial charge on any atom is 0.227 e. The van der Waals surface area contributed by atoms with E-state index in [1.807, 2.05) is 42.1 Å². The van der Waals surface area contributed by atoms with Gasteiger partial charge in [-0.05, 0) is 49.1 Å². The molecule has 1 aromatic heterocycles. The van der Waals surface area contributed by atoms with Gasteiger partial charge in [0.25, 0.3) is 0 Å². The molecule has 3 aromatic rings. The molecule has 37 heavy (non-hydrogen) atoms. The van der Waals surface area contributed by atoms with Crippen LogP contribution in [0.25, 0.3) is 10.9 Å². The molecule has 1 atom stereocenters. The third kappa shape index (κ3) is 5.91. The number of hydrogen-bond donors (Lipinski definition) is 0. The highest BCUT2D eigenvalue weighted by Gasteiger charge is 2.25. The Morgan fingerprint density at radius 3 is 2.41 bits per heavy atom. The molecule has 2 aromatic carbocycles. The predicted octanol–water partition coefficient (Wildman–Crippen LogP) is 4.39. The molecule has 0 aliphatic carbocycles. The molecule has 198 valence electrons. The fraction of sp³-hybridized carbons (Fsp3) is 0.448. The monoisotopic (exact) mass is 507 g/mol. The third-order valence-corrected chi connectivity index (χ3v) is 6.77. The van der Waals surface area contributed by atoms with Crippen LogP contribution in [0.2, 0.25) is 0 Å². The van der Waals surface area contributed by atoms with Crippen molar-refractivity contribution in [3.8, 4) is 17.2 Å². The number of para-hydroxylation sites is 1. The van der Waals surface area contributed by atoms with Gasteiger partial charge in [-0.1, -0.05) is 18.2 Å². The van der Waals surface area contributed by atoms with E-state index in [0.29, 0.717) is 30.3 Å². The number of anilines is 1. The van der Waals surface area contributed by atoms with Gasteiger partial charge in [0.15, 0.2) is 11.5 Å². The number of benzene rings is 2. The standard InChI is InChI=1S/C29H37N3O5/c1-19-9-7-10-21-16-22(29(31(2)3)30-27(19)21)17-32(18-23-11-8-12-37-23)26(33)15-20-13-24(34-4)28(36-6)25(14-20)35-5/h7,9-10,13-14,16,23H,8,11-12,15,17-18H2,1-6H3/t23-/m1/s1. The van der Waals surface area contributed by atoms with Crippen LogP contribution in [0.15, 0.2) is 36.4 Å². The van der Waals surface area contributed by atoms with E-state index in [-0.39, 0.29) is 18.4 Å². The summed E-state index contributed by atoms with van der Waals surface area (Å²) in [7, 11) is 8.68. The number of rotatable bonds is 10. The van der Waals surface area contributed by atoms with E-state index in [1.165, 1.54) is 0 Å². The van der Waals surface area contributed by atoms with Crippen LogP contribution in [-0.4, -0.2) is 70.5 Å². The summed E-state index contributed by atoms with van der Waals surface area (Å²) >= 11 is 0. The van der Waals surface area contributed by atoms with E-state index >= 15 is 0 Å². The van der Waals surface area contributed by atoms with Crippen LogP contribution in [0, 0.1) is 6.92 Å². The number of carbonyl (C=O) groups is 1. The van der Waals surface area contributed by atoms with Gasteiger partial charge in [-0.3, -0.25) is 4.79 Å². The first-order valence-corrected chi connectivity index (χ1v) is 12.6. The van der Waals surface area contributed by atoms with Crippen LogP contribution in [0.4, 0.5) is 5.82 Å². The zero-order valence-electron chi connectivity index (χ0n) is 22.7. The van der Waals surface area contributed by atoms with E-state index in [1.54, 1.807) is 21.3 Å². The molecule has 2 heterocycles. The summed E-state index contributed by atoms with van der Waals surface area (Å²) in [6, 6.07) is 12.0. The van der Waals surface area contributed by atoms with Crippen LogP contribution < -0.4 is 19.1 Å². The average Bonchev–Trinajstić information content (AvgIpc) is 3.40. The Hall–Kier alpha value is -3.52. The number of carbonyl (C=O) groups excluding carboxylic acids is 1. The Labute approximate surface area is 219 Å². The van der Waals surface area contributed by atoms with Crippen molar-refractivity contribution in [3.63, 3.8) is 0 Å². The first-order chi connectivity index (χ1) is 17.8. The van der Waals surface area contributed by atoms with Crippen molar-refractivity contribution < 1.29 is 23.7 Å². The van der Waals surface area contributed by atoms with Crippen LogP contribution >= 0.6 is 0 Å². The minimum atomic E-state index is -0.00109. The van der Waals surface area contributed by atoms with Gasteiger partial charge in [0.2, 0.25) is 11.7 Å². The summed E-state index contributed by atoms with van der Waals surface area (Å²) < 4.78 is 22.3. The van der Waals surface area contributed by atoms with Crippen molar-refractivity contribution >= 4 is 22.6 Å². The van der Waals surface area contributed by atoms with Crippen LogP contribution in [0.3, 0.4) is 0 Å². The van der Waals surface area contributed by atoms with Crippen molar-refractivity contribution in [2.45, 2.75) is 38.8 Å². The van der Waals surface area contributed by atoms with Crippen LogP contribution in [0.1, 0.15) is 29.5 Å². The number of hydrogen-bond acceptors (Lipinski definition) is 7. The molecule has 4 rings (SSSR count). The Morgan fingerprint density at radius 2 is 1.81 bits per heavy atom. The number of pyridine rings is 1. The Balaban J connectivity index is 1.67. The second kappa shape index (κ2) is 11.7. The number of methoxy groups -OCH3 is 3. The zero-order chi connectivity index (χ0) is 26.5. The number of aryl methyl sites for hydroxylation is 1. The fourth-order valence-electron chi connectivity index (χ4n) is 4.90. The van der Waals surface area contributed by atoms with E-state index in [0.717, 1.165) is 52.9 Å². The summed E-state index contributed by atoms with van der Waals surface area (Å²) in [6.07, 6.45) is 2.19. The lowest BCUT2D eigenvalue weighted by molar-refractivity contribution is -0.132. The summed E-state index contributed by atoms with van der Waals surface area (Å²) in [5.74, 6) is 2.42. The van der Waals surface area contributed by atoms with Crippen molar-refractivity contribution in [3.05, 3.63) is 53.1 Å². The summed E-state index contributed by atoms with van der Waals surface area (Å²) in [5.41, 5.74) is 3.89. The van der Waals surface area contributed by atoms with Crippen molar-refractivity contribution in [1.29, 1.82) is 0 Å². The van der Waals surface area contributed by atoms with E-state index in [4.69, 9.17) is 23.9 Å². The number of nitrogens with zero attached hydrogens (tertiary/aromatic N) is 3. The summed E-state index contributed by atoms with van der Waals surface area (Å²) in [6.45, 7) is 3.77. The highest BCUT2D eigenvalue weighted by Crippen LogP contribution is 2.38. The van der Waals surface area contributed by atoms with Gasteiger partial charge in [0, 0.05) is 44.7 Å². The van der Waals surface area contributed by atoms with Crippen LogP contribution in [-0.2, 0) is 22.5 Å². The molecule has 1 aliphatic rings. The second-order valence-electron chi connectivity index (χ2n) is 9.63. The third-order valence-electron chi connectivity index (χ3n) is 6.77. The molecule has 1 fully saturated rings. The Morgan fingerprint density at radius 1 is 1.08 bits per heavy atom. The maximum absolute atomic E-state index is 13.8. The van der Waals surface area contributed by atoms with Gasteiger partial charge in [0.1, 0.15) is 5.82 Å². The Kier molecular flexibility index (Phi) is 8.38. The minimum absolute atomic E-state index is 0.00109. The quantitative estimate of drug-likeness (QED) is 0.403. The summed E-state index contributed by atoms with van der Waals surface area (Å²) in [4.78, 5) is 22.7. The molecule has 1 aliphatic heterocycles. The van der Waals surface area contributed by atoms with Crippen molar-refractivity contribution in [2.24, 2.45) is 0 Å². The smallest absolute Gasteiger partial charge is 0.227 e. The molecule has 8 heteroatoms. The molecule has 8 nitrogen and oxygen atoms in total. The van der Waals surface area contributed by atoms with E-state index < -0.39 is 0 Å². The normalized spacial score (nSPS) is 15.0. The molecule has 0 saturated carbocycles. The molecule has 0 unspecified atom stereocenters. The molecule has 1 saturated heterocycles. The minimum Gasteiger partial charge on any atom is -0.493 e. The van der Waals surface area contributed by atoms with Crippen molar-refractivity contribution in [1.82, 2.24) is 9.88 Å². The molecule has 0 radical (unpaired) electrons. The van der Waals surface area contributed by atoms with Crippen molar-refractivity contribution in [2.75, 3.05) is 53.5 Å². The van der Waals surface area contributed by atoms with Gasteiger partial charge in [-0.15, -0.1) is 0 Å². The van der Waals surface area contributed by atoms with E-state index in [9.17, 15) is 4.79 Å². The number of aromatic nitrogens is 1. The maximum atomic E-state index is 13.8. The predicted molar refractivity (Wildman–Crippen MR) is 145 cm³/mol. The Bertz CT molecular complexity index is 1230. The number of amides is 1. The highest BCUT2D eigenvalue weighted by molar-refractivity contribution is 5.85. The molecule has 0 spiro atoms. The van der Waals surface area contributed by atoms with Gasteiger partial charge in [-0.2, -0.15) is 0 Å². The number of fused-ring (bicyclic) bond motifs is 1. The zero-order valence-corrected chi connectivity index (χ0v) is 22.7. The first-order valence-electron chi connectivity index (χ1n) is 12.6. The molecular weight excluding hydrogens is 470 g/mol. The van der Waals surface area contributed by atoms with Crippen LogP contribution in [0.5, 0.6) is 17.2 Å². The average molecular weight is 508 g/mol. The summed E-state index contributed by atoms with van der Waals surface area (Å²) in [5, 5.41) is 1.06. The first kappa shape index (κ1) is 26.5. The van der Waals surface area contributed by atoms with Gasteiger partial charge in [0.05, 0.1) is 39.4 Å². The van der Waals surface area contributed by atoms with Gasteiger partial charge < -0.3 is 28.7 Å². The lowest BCUT2D eigenvalue weighted by Crippen LogP contribution is -2.38. The number of ether oxygens (including phenoxy) is 4. The fourth-order valence-corrected chi connectivity index (χ4v) is 4.90. The van der Waals surface area contributed by atoms with Gasteiger partial charge >= 0.3 is 0 Å². The molecular formula is C29H37N3O5. The molecule has 1 amide bonds. The topological polar surface area (TPSA) is 73.4 Å². The lowest BCUT2D eigenvalue weighted by Gasteiger charge is -2.28. The molecule has 0 N–H and O–H groups in total. The second-order valence-corrected chi connectivity index (χ2v) is 9.63. The SMILES string of the molecule is COc1cc(CC(=O)N(Cc2cc3cccc(C)c3nc2N(C)C)C[C@H]2CCCO2)cc(OC)c1OC.